The summed E-state index contributed by atoms with van der Waals surface area (Å²) in [6, 6.07) is 15.2. The number of pyridine rings is 1. The number of nitrogens with zero attached hydrogens (tertiary/aromatic N) is 3. The molecule has 9 nitrogen and oxygen atoms in total. The van der Waals surface area contributed by atoms with E-state index in [1.807, 2.05) is 12.1 Å². The van der Waals surface area contributed by atoms with Crippen LogP contribution in [0.5, 0.6) is 5.75 Å². The number of Topliss-reactive ketones (excluding diaryl/α,β-unsaturated/α-hetero) is 1. The number of ketones is 1. The second kappa shape index (κ2) is 8.23. The van der Waals surface area contributed by atoms with E-state index in [2.05, 4.69) is 15.2 Å². The molecule has 0 bridgehead atoms. The van der Waals surface area contributed by atoms with Gasteiger partial charge in [0.15, 0.2) is 5.78 Å². The van der Waals surface area contributed by atoms with E-state index in [9.17, 15) is 19.7 Å². The summed E-state index contributed by atoms with van der Waals surface area (Å²) in [7, 11) is 1.57. The molecule has 4 atom stereocenters. The summed E-state index contributed by atoms with van der Waals surface area (Å²) in [6.07, 6.45) is 4.75. The Hall–Kier alpha value is -4.11. The molecule has 2 aromatic carbocycles. The lowest BCUT2D eigenvalue weighted by Gasteiger charge is -2.37. The number of hydrogen-bond acceptors (Lipinski definition) is 7. The van der Waals surface area contributed by atoms with Crippen LogP contribution in [0.1, 0.15) is 40.2 Å². The van der Waals surface area contributed by atoms with Crippen LogP contribution in [0, 0.1) is 16.0 Å². The molecule has 2 fully saturated rings. The highest BCUT2D eigenvalue weighted by molar-refractivity contribution is 6.12. The van der Waals surface area contributed by atoms with Crippen LogP contribution < -0.4 is 10.1 Å². The summed E-state index contributed by atoms with van der Waals surface area (Å²) in [5.41, 5.74) is 1.13. The molecule has 9 heteroatoms. The van der Waals surface area contributed by atoms with Crippen molar-refractivity contribution in [2.75, 3.05) is 19.0 Å². The molecule has 3 aliphatic rings. The fourth-order valence-electron chi connectivity index (χ4n) is 6.57. The van der Waals surface area contributed by atoms with Gasteiger partial charge in [0.05, 0.1) is 18.0 Å². The van der Waals surface area contributed by atoms with Gasteiger partial charge >= 0.3 is 0 Å². The zero-order valence-corrected chi connectivity index (χ0v) is 19.6. The van der Waals surface area contributed by atoms with Gasteiger partial charge in [-0.3, -0.25) is 29.6 Å². The van der Waals surface area contributed by atoms with Crippen molar-refractivity contribution < 1.29 is 19.2 Å². The number of non-ortho nitro benzene ring substituents is 1. The molecule has 1 spiro atoms. The fraction of sp³-hybridized carbons (Fsp3) is 0.296. The third-order valence-corrected chi connectivity index (χ3v) is 7.90. The Morgan fingerprint density at radius 2 is 2.08 bits per heavy atom. The number of rotatable bonds is 5. The van der Waals surface area contributed by atoms with Gasteiger partial charge in [0, 0.05) is 53.3 Å². The predicted octanol–water partition coefficient (Wildman–Crippen LogP) is 3.91. The molecule has 182 valence electrons. The van der Waals surface area contributed by atoms with Crippen LogP contribution in [-0.2, 0) is 10.3 Å². The fourth-order valence-corrected chi connectivity index (χ4v) is 6.57. The molecule has 0 radical (unpaired) electrons. The van der Waals surface area contributed by atoms with Gasteiger partial charge in [-0.15, -0.1) is 0 Å². The molecule has 36 heavy (non-hydrogen) atoms. The van der Waals surface area contributed by atoms with Crippen LogP contribution in [0.15, 0.2) is 67.0 Å². The smallest absolute Gasteiger partial charge is 0.269 e. The highest BCUT2D eigenvalue weighted by Crippen LogP contribution is 2.61. The summed E-state index contributed by atoms with van der Waals surface area (Å²) in [5.74, 6) is -1.12. The highest BCUT2D eigenvalue weighted by Gasteiger charge is 2.69. The number of nitro benzene ring substituents is 1. The van der Waals surface area contributed by atoms with Crippen molar-refractivity contribution in [2.24, 2.45) is 5.92 Å². The first-order valence-corrected chi connectivity index (χ1v) is 11.9. The lowest BCUT2D eigenvalue weighted by molar-refractivity contribution is -0.384. The van der Waals surface area contributed by atoms with E-state index in [-0.39, 0.29) is 23.4 Å². The number of carbonyl (C=O) groups is 2. The molecule has 3 aromatic rings. The average Bonchev–Trinajstić information content (AvgIpc) is 3.57. The summed E-state index contributed by atoms with van der Waals surface area (Å²) in [6.45, 7) is 0.636. The number of amides is 1. The summed E-state index contributed by atoms with van der Waals surface area (Å²) >= 11 is 0. The molecule has 4 heterocycles. The zero-order chi connectivity index (χ0) is 25.0. The van der Waals surface area contributed by atoms with E-state index in [1.54, 1.807) is 49.7 Å². The third kappa shape index (κ3) is 3.02. The minimum atomic E-state index is -1.27. The van der Waals surface area contributed by atoms with Crippen molar-refractivity contribution in [3.05, 3.63) is 93.8 Å². The number of fused-ring (bicyclic) bond motifs is 4. The van der Waals surface area contributed by atoms with Gasteiger partial charge in [0.1, 0.15) is 11.3 Å². The standard InChI is InChI=1S/C27H24N4O5/c1-36-19-9-10-21-20(14-19)27(26(33)29-21)24(25(32)17-6-3-11-28-15-17)23(22-8-4-12-30(22)27)16-5-2-7-18(13-16)31(34)35/h2-3,5-7,9-11,13-15,22-24H,4,8,12H2,1H3,(H,29,33)/t22-,23-,24-,27-/m0/s1. The predicted molar refractivity (Wildman–Crippen MR) is 131 cm³/mol. The van der Waals surface area contributed by atoms with Gasteiger partial charge in [0.25, 0.3) is 5.69 Å². The quantitative estimate of drug-likeness (QED) is 0.332. The van der Waals surface area contributed by atoms with Crippen LogP contribution in [0.25, 0.3) is 0 Å². The number of hydrogen-bond donors (Lipinski definition) is 1. The van der Waals surface area contributed by atoms with E-state index in [0.29, 0.717) is 34.7 Å². The molecule has 2 saturated heterocycles. The van der Waals surface area contributed by atoms with Crippen LogP contribution in [0.2, 0.25) is 0 Å². The summed E-state index contributed by atoms with van der Waals surface area (Å²) in [5, 5.41) is 14.6. The minimum Gasteiger partial charge on any atom is -0.497 e. The van der Waals surface area contributed by atoms with Gasteiger partial charge < -0.3 is 10.1 Å². The van der Waals surface area contributed by atoms with Crippen LogP contribution in [0.3, 0.4) is 0 Å². The van der Waals surface area contributed by atoms with E-state index in [1.165, 1.54) is 12.3 Å². The molecule has 3 aliphatic heterocycles. The van der Waals surface area contributed by atoms with E-state index in [4.69, 9.17) is 4.74 Å². The maximum atomic E-state index is 14.3. The molecule has 1 aromatic heterocycles. The first kappa shape index (κ1) is 22.4. The first-order chi connectivity index (χ1) is 17.5. The number of ether oxygens (including phenoxy) is 1. The molecule has 0 saturated carbocycles. The van der Waals surface area contributed by atoms with Crippen LogP contribution in [0.4, 0.5) is 11.4 Å². The Morgan fingerprint density at radius 1 is 1.22 bits per heavy atom. The molecule has 0 unspecified atom stereocenters. The summed E-state index contributed by atoms with van der Waals surface area (Å²) in [4.78, 5) is 45.8. The lowest BCUT2D eigenvalue weighted by Crippen LogP contribution is -2.52. The second-order valence-electron chi connectivity index (χ2n) is 9.50. The minimum absolute atomic E-state index is 0.0384. The zero-order valence-electron chi connectivity index (χ0n) is 19.6. The van der Waals surface area contributed by atoms with Gasteiger partial charge in [-0.05, 0) is 55.3 Å². The molecule has 1 N–H and O–H groups in total. The summed E-state index contributed by atoms with van der Waals surface area (Å²) < 4.78 is 5.50. The Bertz CT molecular complexity index is 1390. The number of methoxy groups -OCH3 is 1. The van der Waals surface area contributed by atoms with Crippen LogP contribution >= 0.6 is 0 Å². The number of anilines is 1. The maximum absolute atomic E-state index is 14.3. The molecule has 6 rings (SSSR count). The molecule has 1 amide bonds. The number of nitro groups is 1. The lowest BCUT2D eigenvalue weighted by atomic mass is 9.69. The van der Waals surface area contributed by atoms with E-state index in [0.717, 1.165) is 12.8 Å². The number of nitrogens with one attached hydrogen (secondary N) is 1. The van der Waals surface area contributed by atoms with Crippen LogP contribution in [-0.4, -0.2) is 46.2 Å². The largest absolute Gasteiger partial charge is 0.497 e. The second-order valence-corrected chi connectivity index (χ2v) is 9.50. The topological polar surface area (TPSA) is 115 Å². The van der Waals surface area contributed by atoms with Crippen molar-refractivity contribution in [1.29, 1.82) is 0 Å². The van der Waals surface area contributed by atoms with E-state index >= 15 is 0 Å². The molecule has 0 aliphatic carbocycles. The normalized spacial score (nSPS) is 26.5. The Labute approximate surface area is 207 Å². The molecular formula is C27H24N4O5. The van der Waals surface area contributed by atoms with Crippen molar-refractivity contribution in [2.45, 2.75) is 30.3 Å². The molecular weight excluding hydrogens is 460 g/mol. The monoisotopic (exact) mass is 484 g/mol. The Kier molecular flexibility index (Phi) is 5.11. The van der Waals surface area contributed by atoms with Gasteiger partial charge in [0.2, 0.25) is 5.91 Å². The van der Waals surface area contributed by atoms with Crippen molar-refractivity contribution in [3.63, 3.8) is 0 Å². The maximum Gasteiger partial charge on any atom is 0.269 e. The van der Waals surface area contributed by atoms with Gasteiger partial charge in [-0.25, -0.2) is 0 Å². The van der Waals surface area contributed by atoms with Gasteiger partial charge in [-0.1, -0.05) is 12.1 Å². The number of benzene rings is 2. The third-order valence-electron chi connectivity index (χ3n) is 7.90. The van der Waals surface area contributed by atoms with Crippen molar-refractivity contribution in [1.82, 2.24) is 9.88 Å². The highest BCUT2D eigenvalue weighted by atomic mass is 16.6. The average molecular weight is 485 g/mol. The van der Waals surface area contributed by atoms with Gasteiger partial charge in [-0.2, -0.15) is 0 Å². The Morgan fingerprint density at radius 3 is 2.83 bits per heavy atom. The Balaban J connectivity index is 1.63. The van der Waals surface area contributed by atoms with E-state index < -0.39 is 22.3 Å². The van der Waals surface area contributed by atoms with Crippen molar-refractivity contribution in [3.8, 4) is 5.75 Å². The number of aromatic nitrogens is 1. The number of carbonyl (C=O) groups excluding carboxylic acids is 2. The van der Waals surface area contributed by atoms with Crippen molar-refractivity contribution >= 4 is 23.1 Å². The SMILES string of the molecule is COc1ccc2c(c1)[C@@]1(C(=O)N2)[C@H](C(=O)c2cccnc2)[C@@H](c2cccc([N+](=O)[O-])c2)[C@@H]2CCCN21. The first-order valence-electron chi connectivity index (χ1n) is 11.9.